The number of rotatable bonds is 6. The van der Waals surface area contributed by atoms with Crippen LogP contribution in [-0.2, 0) is 13.0 Å². The van der Waals surface area contributed by atoms with Gasteiger partial charge in [0, 0.05) is 23.7 Å². The van der Waals surface area contributed by atoms with Gasteiger partial charge in [0.1, 0.15) is 11.6 Å². The number of benzene rings is 2. The summed E-state index contributed by atoms with van der Waals surface area (Å²) in [6, 6.07) is 15.7. The maximum atomic E-state index is 12.8. The minimum Gasteiger partial charge on any atom is -0.405 e. The normalized spacial score (nSPS) is 17.7. The predicted molar refractivity (Wildman–Crippen MR) is 133 cm³/mol. The fourth-order valence-corrected chi connectivity index (χ4v) is 4.26. The van der Waals surface area contributed by atoms with Crippen LogP contribution in [0.1, 0.15) is 48.1 Å². The topological polar surface area (TPSA) is 99.1 Å². The highest BCUT2D eigenvalue weighted by Crippen LogP contribution is 2.29. The Bertz CT molecular complexity index is 1230. The molecule has 0 unspecified atom stereocenters. The first kappa shape index (κ1) is 25.3. The number of nitrogens with zero attached hydrogens (tertiary/aromatic N) is 2. The zero-order valence-corrected chi connectivity index (χ0v) is 19.7. The quantitative estimate of drug-likeness (QED) is 0.415. The van der Waals surface area contributed by atoms with Gasteiger partial charge in [-0.15, -0.1) is 13.2 Å². The molecule has 4 rings (SSSR count). The lowest BCUT2D eigenvalue weighted by molar-refractivity contribution is -0.274. The summed E-state index contributed by atoms with van der Waals surface area (Å²) in [7, 11) is 0. The molecule has 3 aromatic rings. The second-order valence-electron chi connectivity index (χ2n) is 8.86. The summed E-state index contributed by atoms with van der Waals surface area (Å²) in [6.07, 6.45) is -0.232. The average molecular weight is 496 g/mol. The molecule has 0 saturated heterocycles. The van der Waals surface area contributed by atoms with Crippen LogP contribution in [0.3, 0.4) is 0 Å². The van der Waals surface area contributed by atoms with E-state index in [0.29, 0.717) is 29.2 Å². The molecule has 0 bridgehead atoms. The SMILES string of the molecule is Nc1nc(NCc2ccccc2OC(F)(F)F)nc(C[C@H]2CC[C@H](N)CC2)c1C#Cc1ccccc1. The Labute approximate surface area is 208 Å². The number of halogens is 3. The maximum Gasteiger partial charge on any atom is 0.573 e. The minimum absolute atomic E-state index is 0.0262. The van der Waals surface area contributed by atoms with Crippen LogP contribution >= 0.6 is 0 Å². The second kappa shape index (κ2) is 11.3. The molecule has 1 aromatic heterocycles. The van der Waals surface area contributed by atoms with E-state index in [1.807, 2.05) is 30.3 Å². The molecule has 188 valence electrons. The predicted octanol–water partition coefficient (Wildman–Crippen LogP) is 5.03. The van der Waals surface area contributed by atoms with Gasteiger partial charge in [0.2, 0.25) is 5.95 Å². The molecule has 1 aliphatic rings. The van der Waals surface area contributed by atoms with Gasteiger partial charge >= 0.3 is 6.36 Å². The molecule has 36 heavy (non-hydrogen) atoms. The smallest absolute Gasteiger partial charge is 0.405 e. The molecule has 9 heteroatoms. The fraction of sp³-hybridized carbons (Fsp3) is 0.333. The van der Waals surface area contributed by atoms with Crippen LogP contribution in [0.25, 0.3) is 0 Å². The van der Waals surface area contributed by atoms with Crippen LogP contribution in [-0.4, -0.2) is 22.4 Å². The van der Waals surface area contributed by atoms with E-state index in [2.05, 4.69) is 31.9 Å². The molecule has 0 radical (unpaired) electrons. The van der Waals surface area contributed by atoms with E-state index in [0.717, 1.165) is 31.2 Å². The number of hydrogen-bond acceptors (Lipinski definition) is 6. The van der Waals surface area contributed by atoms with Gasteiger partial charge in [-0.05, 0) is 56.2 Å². The van der Waals surface area contributed by atoms with Gasteiger partial charge in [-0.2, -0.15) is 4.98 Å². The lowest BCUT2D eigenvalue weighted by Gasteiger charge is -2.26. The zero-order valence-electron chi connectivity index (χ0n) is 19.7. The van der Waals surface area contributed by atoms with E-state index >= 15 is 0 Å². The lowest BCUT2D eigenvalue weighted by atomic mass is 9.83. The van der Waals surface area contributed by atoms with E-state index in [9.17, 15) is 13.2 Å². The molecule has 1 fully saturated rings. The summed E-state index contributed by atoms with van der Waals surface area (Å²) in [5, 5.41) is 3.00. The number of nitrogen functional groups attached to an aromatic ring is 1. The molecule has 1 aliphatic carbocycles. The Morgan fingerprint density at radius 1 is 0.944 bits per heavy atom. The van der Waals surface area contributed by atoms with E-state index in [-0.39, 0.29) is 30.1 Å². The number of nitrogens with two attached hydrogens (primary N) is 2. The number of para-hydroxylation sites is 1. The standard InChI is InChI=1S/C27H28F3N5O/c28-27(29,30)36-24-9-5-4-8-20(24)17-33-26-34-23(16-19-10-13-21(31)14-11-19)22(25(32)35-26)15-12-18-6-2-1-3-7-18/h1-9,19,21H,10-11,13-14,16-17,31H2,(H3,32,33,34,35)/t19-,21-. The van der Waals surface area contributed by atoms with Crippen molar-refractivity contribution in [1.29, 1.82) is 0 Å². The van der Waals surface area contributed by atoms with Crippen molar-refractivity contribution >= 4 is 11.8 Å². The number of nitrogens with one attached hydrogen (secondary N) is 1. The largest absolute Gasteiger partial charge is 0.573 e. The van der Waals surface area contributed by atoms with E-state index in [4.69, 9.17) is 11.5 Å². The lowest BCUT2D eigenvalue weighted by Crippen LogP contribution is -2.27. The van der Waals surface area contributed by atoms with Crippen molar-refractivity contribution in [3.05, 3.63) is 77.0 Å². The molecular weight excluding hydrogens is 467 g/mol. The van der Waals surface area contributed by atoms with Gasteiger partial charge in [-0.3, -0.25) is 0 Å². The first-order valence-corrected chi connectivity index (χ1v) is 11.8. The molecule has 0 spiro atoms. The summed E-state index contributed by atoms with van der Waals surface area (Å²) in [6.45, 7) is 0.0262. The highest BCUT2D eigenvalue weighted by molar-refractivity contribution is 5.58. The van der Waals surface area contributed by atoms with Gasteiger partial charge in [0.25, 0.3) is 0 Å². The summed E-state index contributed by atoms with van der Waals surface area (Å²) in [5.41, 5.74) is 14.8. The maximum absolute atomic E-state index is 12.8. The van der Waals surface area contributed by atoms with Crippen molar-refractivity contribution in [3.8, 4) is 17.6 Å². The summed E-state index contributed by atoms with van der Waals surface area (Å²) in [4.78, 5) is 9.02. The summed E-state index contributed by atoms with van der Waals surface area (Å²) >= 11 is 0. The average Bonchev–Trinajstić information content (AvgIpc) is 2.84. The van der Waals surface area contributed by atoms with Crippen LogP contribution in [0, 0.1) is 17.8 Å². The molecule has 2 aromatic carbocycles. The van der Waals surface area contributed by atoms with Gasteiger partial charge in [-0.1, -0.05) is 48.2 Å². The van der Waals surface area contributed by atoms with Gasteiger partial charge in [-0.25, -0.2) is 4.98 Å². The second-order valence-corrected chi connectivity index (χ2v) is 8.86. The number of hydrogen-bond donors (Lipinski definition) is 3. The minimum atomic E-state index is -4.79. The van der Waals surface area contributed by atoms with Gasteiger partial charge in [0.05, 0.1) is 11.3 Å². The zero-order chi connectivity index (χ0) is 25.5. The highest BCUT2D eigenvalue weighted by atomic mass is 19.4. The number of alkyl halides is 3. The molecule has 5 N–H and O–H groups in total. The molecule has 0 aliphatic heterocycles. The summed E-state index contributed by atoms with van der Waals surface area (Å²) < 4.78 is 42.5. The van der Waals surface area contributed by atoms with Crippen molar-refractivity contribution in [2.24, 2.45) is 11.7 Å². The number of aromatic nitrogens is 2. The molecule has 0 amide bonds. The number of anilines is 2. The van der Waals surface area contributed by atoms with Crippen LogP contribution in [0.4, 0.5) is 24.9 Å². The Hall–Kier alpha value is -3.77. The third-order valence-corrected chi connectivity index (χ3v) is 6.13. The van der Waals surface area contributed by atoms with Crippen molar-refractivity contribution in [2.75, 3.05) is 11.1 Å². The Balaban J connectivity index is 1.59. The van der Waals surface area contributed by atoms with Crippen molar-refractivity contribution in [3.63, 3.8) is 0 Å². The molecule has 0 atom stereocenters. The highest BCUT2D eigenvalue weighted by Gasteiger charge is 2.32. The van der Waals surface area contributed by atoms with Crippen LogP contribution in [0.15, 0.2) is 54.6 Å². The van der Waals surface area contributed by atoms with Gasteiger partial charge < -0.3 is 21.5 Å². The fourth-order valence-electron chi connectivity index (χ4n) is 4.26. The van der Waals surface area contributed by atoms with Crippen molar-refractivity contribution < 1.29 is 17.9 Å². The van der Waals surface area contributed by atoms with E-state index in [1.165, 1.54) is 12.1 Å². The first-order valence-electron chi connectivity index (χ1n) is 11.8. The summed E-state index contributed by atoms with van der Waals surface area (Å²) in [5.74, 6) is 6.81. The van der Waals surface area contributed by atoms with Gasteiger partial charge in [0.15, 0.2) is 0 Å². The van der Waals surface area contributed by atoms with Crippen LogP contribution in [0.5, 0.6) is 5.75 Å². The third-order valence-electron chi connectivity index (χ3n) is 6.13. The Kier molecular flexibility index (Phi) is 7.96. The monoisotopic (exact) mass is 495 g/mol. The Morgan fingerprint density at radius 2 is 1.64 bits per heavy atom. The molecule has 1 heterocycles. The molecule has 1 saturated carbocycles. The van der Waals surface area contributed by atoms with Crippen molar-refractivity contribution in [2.45, 2.75) is 51.1 Å². The van der Waals surface area contributed by atoms with Crippen LogP contribution < -0.4 is 21.5 Å². The molecule has 6 nitrogen and oxygen atoms in total. The molecular formula is C27H28F3N5O. The van der Waals surface area contributed by atoms with E-state index in [1.54, 1.807) is 12.1 Å². The first-order chi connectivity index (χ1) is 17.3. The van der Waals surface area contributed by atoms with E-state index < -0.39 is 6.36 Å². The third kappa shape index (κ3) is 7.12. The Morgan fingerprint density at radius 3 is 2.36 bits per heavy atom. The van der Waals surface area contributed by atoms with Crippen LogP contribution in [0.2, 0.25) is 0 Å². The van der Waals surface area contributed by atoms with Crippen molar-refractivity contribution in [1.82, 2.24) is 9.97 Å². The number of ether oxygens (including phenoxy) is 1.